The number of pyridine rings is 1. The summed E-state index contributed by atoms with van der Waals surface area (Å²) in [4.78, 5) is 31.4. The summed E-state index contributed by atoms with van der Waals surface area (Å²) >= 11 is 0. The number of hydrogen-bond donors (Lipinski definition) is 2. The molecule has 1 aromatic heterocycles. The Morgan fingerprint density at radius 1 is 1.31 bits per heavy atom. The van der Waals surface area contributed by atoms with Crippen molar-refractivity contribution in [2.45, 2.75) is 6.42 Å². The molecule has 2 aromatic rings. The highest BCUT2D eigenvalue weighted by Gasteiger charge is 2.31. The largest absolute Gasteiger partial charge is 0.396 e. The van der Waals surface area contributed by atoms with E-state index in [9.17, 15) is 19.1 Å². The van der Waals surface area contributed by atoms with Crippen LogP contribution < -0.4 is 5.56 Å². The summed E-state index contributed by atoms with van der Waals surface area (Å²) in [5.41, 5.74) is 0.138. The summed E-state index contributed by atoms with van der Waals surface area (Å²) in [6.45, 7) is 1.87. The molecule has 1 fully saturated rings. The Labute approximate surface area is 151 Å². The van der Waals surface area contributed by atoms with Gasteiger partial charge in [0.25, 0.3) is 5.91 Å². The van der Waals surface area contributed by atoms with Crippen molar-refractivity contribution in [3.8, 4) is 0 Å². The topological polar surface area (TPSA) is 76.6 Å². The normalized spacial score (nSPS) is 20.7. The number of carbonyl (C=O) groups is 1. The maximum atomic E-state index is 13.5. The van der Waals surface area contributed by atoms with Crippen LogP contribution in [0.3, 0.4) is 0 Å². The predicted octanol–water partition coefficient (Wildman–Crippen LogP) is 1.30. The van der Waals surface area contributed by atoms with Gasteiger partial charge >= 0.3 is 0 Å². The van der Waals surface area contributed by atoms with Crippen molar-refractivity contribution in [1.29, 1.82) is 0 Å². The van der Waals surface area contributed by atoms with Gasteiger partial charge in [-0.3, -0.25) is 9.59 Å². The number of aliphatic hydroxyl groups excluding tert-OH is 1. The van der Waals surface area contributed by atoms with Crippen molar-refractivity contribution in [3.63, 3.8) is 0 Å². The van der Waals surface area contributed by atoms with E-state index in [4.69, 9.17) is 0 Å². The van der Waals surface area contributed by atoms with Crippen molar-refractivity contribution in [2.24, 2.45) is 11.8 Å². The fraction of sp³-hybridized carbons (Fsp3) is 0.474. The van der Waals surface area contributed by atoms with Gasteiger partial charge in [-0.1, -0.05) is 0 Å². The third kappa shape index (κ3) is 3.94. The second-order valence-corrected chi connectivity index (χ2v) is 7.36. The molecule has 2 N–H and O–H groups in total. The summed E-state index contributed by atoms with van der Waals surface area (Å²) in [5, 5.41) is 10.1. The van der Waals surface area contributed by atoms with Gasteiger partial charge in [0.15, 0.2) is 0 Å². The fourth-order valence-electron chi connectivity index (χ4n) is 3.84. The molecule has 140 valence electrons. The molecule has 3 rings (SSSR count). The lowest BCUT2D eigenvalue weighted by Gasteiger charge is -2.38. The molecule has 2 heterocycles. The second-order valence-electron chi connectivity index (χ2n) is 7.36. The molecule has 26 heavy (non-hydrogen) atoms. The van der Waals surface area contributed by atoms with Gasteiger partial charge in [0.1, 0.15) is 5.82 Å². The number of aromatic amines is 1. The molecule has 2 atom stereocenters. The van der Waals surface area contributed by atoms with E-state index in [0.717, 1.165) is 13.0 Å². The number of rotatable bonds is 4. The molecule has 1 aliphatic heterocycles. The lowest BCUT2D eigenvalue weighted by atomic mass is 9.88. The Morgan fingerprint density at radius 2 is 2.04 bits per heavy atom. The lowest BCUT2D eigenvalue weighted by molar-refractivity contribution is 0.0479. The summed E-state index contributed by atoms with van der Waals surface area (Å²) in [6.07, 6.45) is 0.861. The number of hydrogen-bond acceptors (Lipinski definition) is 4. The number of benzene rings is 1. The molecular formula is C19H24FN3O3. The highest BCUT2D eigenvalue weighted by atomic mass is 19.1. The number of fused-ring (bicyclic) bond motifs is 1. The number of H-pyrrole nitrogens is 1. The summed E-state index contributed by atoms with van der Waals surface area (Å²) in [7, 11) is 3.96. The number of carbonyl (C=O) groups excluding carboxylic acids is 1. The number of nitrogens with zero attached hydrogens (tertiary/aromatic N) is 2. The van der Waals surface area contributed by atoms with Gasteiger partial charge in [0, 0.05) is 37.7 Å². The summed E-state index contributed by atoms with van der Waals surface area (Å²) < 4.78 is 13.5. The van der Waals surface area contributed by atoms with Crippen molar-refractivity contribution >= 4 is 16.8 Å². The molecule has 6 nitrogen and oxygen atoms in total. The minimum absolute atomic E-state index is 0.0170. The van der Waals surface area contributed by atoms with Crippen LogP contribution in [0.25, 0.3) is 10.9 Å². The minimum atomic E-state index is -0.470. The maximum Gasteiger partial charge on any atom is 0.254 e. The lowest BCUT2D eigenvalue weighted by Crippen LogP contribution is -2.47. The molecule has 0 spiro atoms. The number of aromatic nitrogens is 1. The number of likely N-dealkylation sites (tertiary alicyclic amines) is 1. The van der Waals surface area contributed by atoms with Crippen LogP contribution in [-0.2, 0) is 0 Å². The molecule has 0 saturated carbocycles. The number of aliphatic hydroxyl groups is 1. The van der Waals surface area contributed by atoms with Gasteiger partial charge in [0.05, 0.1) is 11.1 Å². The van der Waals surface area contributed by atoms with Gasteiger partial charge in [-0.05, 0) is 50.6 Å². The monoisotopic (exact) mass is 361 g/mol. The molecule has 0 radical (unpaired) electrons. The van der Waals surface area contributed by atoms with Crippen LogP contribution in [0.4, 0.5) is 4.39 Å². The second kappa shape index (κ2) is 7.55. The Kier molecular flexibility index (Phi) is 5.38. The van der Waals surface area contributed by atoms with E-state index >= 15 is 0 Å². The maximum absolute atomic E-state index is 13.5. The van der Waals surface area contributed by atoms with Crippen LogP contribution in [0.15, 0.2) is 29.1 Å². The molecule has 1 amide bonds. The number of piperidine rings is 1. The molecule has 0 bridgehead atoms. The fourth-order valence-corrected chi connectivity index (χ4v) is 3.84. The molecular weight excluding hydrogens is 337 g/mol. The number of amides is 1. The molecule has 7 heteroatoms. The SMILES string of the molecule is CN(C)C[C@H]1C[C@@H](CO)CN(C(=O)c2cc(=O)[nH]c3cc(F)ccc23)C1. The van der Waals surface area contributed by atoms with Gasteiger partial charge in [-0.15, -0.1) is 0 Å². The van der Waals surface area contributed by atoms with E-state index in [1.54, 1.807) is 4.90 Å². The van der Waals surface area contributed by atoms with Crippen molar-refractivity contribution in [3.05, 3.63) is 46.0 Å². The Balaban J connectivity index is 1.95. The van der Waals surface area contributed by atoms with Gasteiger partial charge in [-0.25, -0.2) is 4.39 Å². The molecule has 1 aromatic carbocycles. The van der Waals surface area contributed by atoms with Crippen molar-refractivity contribution < 1.29 is 14.3 Å². The van der Waals surface area contributed by atoms with Crippen LogP contribution >= 0.6 is 0 Å². The zero-order valence-corrected chi connectivity index (χ0v) is 15.0. The van der Waals surface area contributed by atoms with Crippen LogP contribution in [0.1, 0.15) is 16.8 Å². The molecule has 0 aliphatic carbocycles. The summed E-state index contributed by atoms with van der Waals surface area (Å²) in [6, 6.07) is 5.28. The first-order valence-corrected chi connectivity index (χ1v) is 8.75. The number of halogens is 1. The zero-order valence-electron chi connectivity index (χ0n) is 15.0. The van der Waals surface area contributed by atoms with E-state index < -0.39 is 11.4 Å². The van der Waals surface area contributed by atoms with E-state index in [-0.39, 0.29) is 29.9 Å². The minimum Gasteiger partial charge on any atom is -0.396 e. The molecule has 1 saturated heterocycles. The molecule has 0 unspecified atom stereocenters. The quantitative estimate of drug-likeness (QED) is 0.861. The van der Waals surface area contributed by atoms with Crippen LogP contribution in [0.2, 0.25) is 0 Å². The number of nitrogens with one attached hydrogen (secondary N) is 1. The first kappa shape index (κ1) is 18.5. The highest BCUT2D eigenvalue weighted by molar-refractivity contribution is 6.06. The smallest absolute Gasteiger partial charge is 0.254 e. The summed E-state index contributed by atoms with van der Waals surface area (Å²) in [5.74, 6) is -0.453. The third-order valence-electron chi connectivity index (χ3n) is 4.83. The van der Waals surface area contributed by atoms with Gasteiger partial charge in [-0.2, -0.15) is 0 Å². The van der Waals surface area contributed by atoms with Crippen LogP contribution in [0, 0.1) is 17.7 Å². The van der Waals surface area contributed by atoms with E-state index in [0.29, 0.717) is 24.0 Å². The Hall–Kier alpha value is -2.25. The van der Waals surface area contributed by atoms with E-state index in [2.05, 4.69) is 9.88 Å². The zero-order chi connectivity index (χ0) is 18.8. The van der Waals surface area contributed by atoms with Crippen LogP contribution in [-0.4, -0.2) is 66.1 Å². The average Bonchev–Trinajstić information content (AvgIpc) is 2.59. The van der Waals surface area contributed by atoms with Crippen molar-refractivity contribution in [1.82, 2.24) is 14.8 Å². The Morgan fingerprint density at radius 3 is 2.73 bits per heavy atom. The Bertz CT molecular complexity index is 865. The standard InChI is InChI=1S/C19H24FN3O3/c1-22(2)8-12-5-13(11-24)10-23(9-12)19(26)16-7-18(25)21-17-6-14(20)3-4-15(16)17/h3-4,6-7,12-13,24H,5,8-11H2,1-2H3,(H,21,25)/t12-,13-/m1/s1. The first-order valence-electron chi connectivity index (χ1n) is 8.75. The van der Waals surface area contributed by atoms with Gasteiger partial charge in [0.2, 0.25) is 5.56 Å². The highest BCUT2D eigenvalue weighted by Crippen LogP contribution is 2.25. The van der Waals surface area contributed by atoms with Gasteiger partial charge < -0.3 is 19.9 Å². The van der Waals surface area contributed by atoms with Crippen molar-refractivity contribution in [2.75, 3.05) is 40.3 Å². The van der Waals surface area contributed by atoms with Crippen LogP contribution in [0.5, 0.6) is 0 Å². The third-order valence-corrected chi connectivity index (χ3v) is 4.83. The van der Waals surface area contributed by atoms with E-state index in [1.807, 2.05) is 14.1 Å². The molecule has 1 aliphatic rings. The van der Waals surface area contributed by atoms with E-state index in [1.165, 1.54) is 24.3 Å². The average molecular weight is 361 g/mol. The first-order chi connectivity index (χ1) is 12.4. The predicted molar refractivity (Wildman–Crippen MR) is 97.7 cm³/mol.